The summed E-state index contributed by atoms with van der Waals surface area (Å²) in [7, 11) is 0. The van der Waals surface area contributed by atoms with Crippen LogP contribution in [0.5, 0.6) is 0 Å². The van der Waals surface area contributed by atoms with Crippen LogP contribution in [-0.4, -0.2) is 23.7 Å². The maximum atomic E-state index is 11.3. The zero-order chi connectivity index (χ0) is 14.1. The van der Waals surface area contributed by atoms with E-state index in [1.54, 1.807) is 6.08 Å². The molecule has 4 heteroatoms. The van der Waals surface area contributed by atoms with Crippen LogP contribution in [0, 0.1) is 0 Å². The molecule has 0 heterocycles. The van der Waals surface area contributed by atoms with Gasteiger partial charge in [0, 0.05) is 6.08 Å². The summed E-state index contributed by atoms with van der Waals surface area (Å²) >= 11 is 0. The van der Waals surface area contributed by atoms with Crippen molar-refractivity contribution in [3.63, 3.8) is 0 Å². The Balaban J connectivity index is 2.78. The Morgan fingerprint density at radius 1 is 1.26 bits per heavy atom. The first kappa shape index (κ1) is 14.7. The highest BCUT2D eigenvalue weighted by atomic mass is 16.5. The van der Waals surface area contributed by atoms with Gasteiger partial charge in [0.25, 0.3) is 0 Å². The minimum absolute atomic E-state index is 0.107. The van der Waals surface area contributed by atoms with Gasteiger partial charge in [-0.25, -0.2) is 9.59 Å². The molecule has 0 aromatic heterocycles. The number of rotatable bonds is 6. The SMILES string of the molecule is CCCOC(=O)/C=C(/C=C/c1ccccc1)C(=O)O. The fourth-order valence-corrected chi connectivity index (χ4v) is 1.30. The topological polar surface area (TPSA) is 63.6 Å². The van der Waals surface area contributed by atoms with E-state index < -0.39 is 11.9 Å². The normalized spacial score (nSPS) is 11.5. The zero-order valence-electron chi connectivity index (χ0n) is 10.7. The van der Waals surface area contributed by atoms with Crippen molar-refractivity contribution in [3.05, 3.63) is 53.6 Å². The van der Waals surface area contributed by atoms with Gasteiger partial charge in [0.05, 0.1) is 12.2 Å². The number of esters is 1. The van der Waals surface area contributed by atoms with E-state index in [-0.39, 0.29) is 12.2 Å². The van der Waals surface area contributed by atoms with E-state index in [1.165, 1.54) is 6.08 Å². The average Bonchev–Trinajstić information content (AvgIpc) is 2.42. The number of carboxylic acid groups (broad SMARTS) is 1. The molecule has 0 bridgehead atoms. The summed E-state index contributed by atoms with van der Waals surface area (Å²) < 4.78 is 4.81. The third-order valence-electron chi connectivity index (χ3n) is 2.22. The zero-order valence-corrected chi connectivity index (χ0v) is 10.7. The Hall–Kier alpha value is -2.36. The molecule has 0 amide bonds. The Kier molecular flexibility index (Phi) is 6.09. The molecule has 0 aliphatic rings. The van der Waals surface area contributed by atoms with Gasteiger partial charge in [-0.15, -0.1) is 0 Å². The molecule has 0 radical (unpaired) electrons. The van der Waals surface area contributed by atoms with Gasteiger partial charge >= 0.3 is 11.9 Å². The number of benzene rings is 1. The summed E-state index contributed by atoms with van der Waals surface area (Å²) in [5.41, 5.74) is 0.751. The largest absolute Gasteiger partial charge is 0.478 e. The van der Waals surface area contributed by atoms with Crippen LogP contribution in [0.1, 0.15) is 18.9 Å². The molecule has 1 N–H and O–H groups in total. The molecule has 1 aromatic rings. The Bertz CT molecular complexity index is 486. The Morgan fingerprint density at radius 2 is 1.95 bits per heavy atom. The highest BCUT2D eigenvalue weighted by Crippen LogP contribution is 2.06. The van der Waals surface area contributed by atoms with Crippen molar-refractivity contribution in [1.82, 2.24) is 0 Å². The minimum atomic E-state index is -1.17. The third kappa shape index (κ3) is 5.68. The van der Waals surface area contributed by atoms with Crippen LogP contribution in [0.3, 0.4) is 0 Å². The lowest BCUT2D eigenvalue weighted by Crippen LogP contribution is -2.06. The molecule has 0 saturated heterocycles. The van der Waals surface area contributed by atoms with Crippen LogP contribution < -0.4 is 0 Å². The molecule has 1 aromatic carbocycles. The molecule has 0 aliphatic heterocycles. The predicted octanol–water partition coefficient (Wildman–Crippen LogP) is 2.66. The van der Waals surface area contributed by atoms with Crippen molar-refractivity contribution >= 4 is 18.0 Å². The summed E-state index contributed by atoms with van der Waals surface area (Å²) in [4.78, 5) is 22.3. The van der Waals surface area contributed by atoms with Gasteiger partial charge in [-0.3, -0.25) is 0 Å². The highest BCUT2D eigenvalue weighted by molar-refractivity contribution is 5.98. The van der Waals surface area contributed by atoms with E-state index in [4.69, 9.17) is 9.84 Å². The summed E-state index contributed by atoms with van der Waals surface area (Å²) in [6.45, 7) is 2.15. The average molecular weight is 260 g/mol. The third-order valence-corrected chi connectivity index (χ3v) is 2.22. The van der Waals surface area contributed by atoms with Gasteiger partial charge in [0.2, 0.25) is 0 Å². The van der Waals surface area contributed by atoms with E-state index in [0.717, 1.165) is 11.6 Å². The van der Waals surface area contributed by atoms with Gasteiger partial charge in [-0.05, 0) is 18.1 Å². The lowest BCUT2D eigenvalue weighted by Gasteiger charge is -1.99. The summed E-state index contributed by atoms with van der Waals surface area (Å²) in [5.74, 6) is -1.81. The number of carbonyl (C=O) groups is 2. The maximum absolute atomic E-state index is 11.3. The molecule has 0 atom stereocenters. The standard InChI is InChI=1S/C15H16O4/c1-2-10-19-14(16)11-13(15(17)18)9-8-12-6-4-3-5-7-12/h3-9,11H,2,10H2,1H3,(H,17,18)/b9-8+,13-11-. The molecule has 0 saturated carbocycles. The molecule has 0 fully saturated rings. The van der Waals surface area contributed by atoms with Crippen LogP contribution in [0.4, 0.5) is 0 Å². The quantitative estimate of drug-likeness (QED) is 0.485. The number of carboxylic acids is 1. The molecule has 100 valence electrons. The first-order valence-corrected chi connectivity index (χ1v) is 5.98. The van der Waals surface area contributed by atoms with Gasteiger partial charge < -0.3 is 9.84 Å². The van der Waals surface area contributed by atoms with Crippen LogP contribution in [0.15, 0.2) is 48.1 Å². The number of hydrogen-bond acceptors (Lipinski definition) is 3. The van der Waals surface area contributed by atoms with Crippen molar-refractivity contribution in [2.75, 3.05) is 6.61 Å². The minimum Gasteiger partial charge on any atom is -0.478 e. The first-order chi connectivity index (χ1) is 9.13. The molecular weight excluding hydrogens is 244 g/mol. The van der Waals surface area contributed by atoms with Crippen molar-refractivity contribution in [2.24, 2.45) is 0 Å². The fourth-order valence-electron chi connectivity index (χ4n) is 1.30. The van der Waals surface area contributed by atoms with Gasteiger partial charge in [-0.2, -0.15) is 0 Å². The number of ether oxygens (including phenoxy) is 1. The van der Waals surface area contributed by atoms with Crippen LogP contribution in [0.2, 0.25) is 0 Å². The van der Waals surface area contributed by atoms with Crippen LogP contribution in [-0.2, 0) is 14.3 Å². The second-order valence-electron chi connectivity index (χ2n) is 3.82. The first-order valence-electron chi connectivity index (χ1n) is 5.98. The number of aliphatic carboxylic acids is 1. The molecular formula is C15H16O4. The fraction of sp³-hybridized carbons (Fsp3) is 0.200. The van der Waals surface area contributed by atoms with Crippen molar-refractivity contribution in [3.8, 4) is 0 Å². The van der Waals surface area contributed by atoms with Crippen LogP contribution >= 0.6 is 0 Å². The van der Waals surface area contributed by atoms with E-state index in [0.29, 0.717) is 6.42 Å². The van der Waals surface area contributed by atoms with Gasteiger partial charge in [0.1, 0.15) is 0 Å². The van der Waals surface area contributed by atoms with E-state index >= 15 is 0 Å². The smallest absolute Gasteiger partial charge is 0.335 e. The molecule has 19 heavy (non-hydrogen) atoms. The lowest BCUT2D eigenvalue weighted by molar-refractivity contribution is -0.139. The van der Waals surface area contributed by atoms with Crippen molar-refractivity contribution < 1.29 is 19.4 Å². The molecule has 1 rings (SSSR count). The van der Waals surface area contributed by atoms with Gasteiger partial charge in [0.15, 0.2) is 0 Å². The van der Waals surface area contributed by atoms with E-state index in [2.05, 4.69) is 0 Å². The molecule has 0 unspecified atom stereocenters. The summed E-state index contributed by atoms with van der Waals surface area (Å²) in [6, 6.07) is 9.24. The Labute approximate surface area is 112 Å². The summed E-state index contributed by atoms with van der Waals surface area (Å²) in [5, 5.41) is 9.00. The number of carbonyl (C=O) groups excluding carboxylic acids is 1. The summed E-state index contributed by atoms with van der Waals surface area (Å²) in [6.07, 6.45) is 4.69. The van der Waals surface area contributed by atoms with Crippen molar-refractivity contribution in [1.29, 1.82) is 0 Å². The highest BCUT2D eigenvalue weighted by Gasteiger charge is 2.07. The van der Waals surface area contributed by atoms with Gasteiger partial charge in [-0.1, -0.05) is 43.3 Å². The Morgan fingerprint density at radius 3 is 2.53 bits per heavy atom. The van der Waals surface area contributed by atoms with E-state index in [1.807, 2.05) is 37.3 Å². The van der Waals surface area contributed by atoms with Crippen molar-refractivity contribution in [2.45, 2.75) is 13.3 Å². The predicted molar refractivity (Wildman–Crippen MR) is 72.4 cm³/mol. The van der Waals surface area contributed by atoms with E-state index in [9.17, 15) is 9.59 Å². The molecule has 0 aliphatic carbocycles. The van der Waals surface area contributed by atoms with Crippen LogP contribution in [0.25, 0.3) is 6.08 Å². The maximum Gasteiger partial charge on any atom is 0.335 e. The monoisotopic (exact) mass is 260 g/mol. The molecule has 4 nitrogen and oxygen atoms in total. The second kappa shape index (κ2) is 7.87. The second-order valence-corrected chi connectivity index (χ2v) is 3.82. The lowest BCUT2D eigenvalue weighted by atomic mass is 10.1. The number of hydrogen-bond donors (Lipinski definition) is 1. The molecule has 0 spiro atoms.